The number of carbonyl (C=O) groups is 1. The molecule has 0 unspecified atom stereocenters. The third-order valence-electron chi connectivity index (χ3n) is 3.31. The van der Waals surface area contributed by atoms with Gasteiger partial charge in [-0.1, -0.05) is 12.1 Å². The van der Waals surface area contributed by atoms with Gasteiger partial charge in [0.2, 0.25) is 10.0 Å². The Morgan fingerprint density at radius 2 is 1.89 bits per heavy atom. The van der Waals surface area contributed by atoms with Gasteiger partial charge in [-0.3, -0.25) is 4.79 Å². The number of amides is 1. The van der Waals surface area contributed by atoms with E-state index in [1.54, 1.807) is 49.6 Å². The maximum Gasteiger partial charge on any atom is 0.275 e. The molecule has 27 heavy (non-hydrogen) atoms. The summed E-state index contributed by atoms with van der Waals surface area (Å²) in [4.78, 5) is 17.9. The molecule has 0 saturated carbocycles. The molecular weight excluding hydrogens is 402 g/mol. The lowest BCUT2D eigenvalue weighted by molar-refractivity contribution is 0.102. The molecule has 0 aliphatic heterocycles. The molecule has 1 amide bonds. The van der Waals surface area contributed by atoms with Gasteiger partial charge in [0, 0.05) is 16.6 Å². The fourth-order valence-electron chi connectivity index (χ4n) is 2.29. The molecule has 3 rings (SSSR count). The number of aromatic nitrogens is 1. The zero-order valence-corrected chi connectivity index (χ0v) is 17.5. The van der Waals surface area contributed by atoms with Gasteiger partial charge in [0.25, 0.3) is 5.91 Å². The number of nitrogens with zero attached hydrogens (tertiary/aromatic N) is 1. The highest BCUT2D eigenvalue weighted by atomic mass is 32.2. The maximum atomic E-state index is 12.5. The number of nitrogens with one attached hydrogen (secondary N) is 2. The highest BCUT2D eigenvalue weighted by molar-refractivity contribution is 7.89. The molecule has 1 aromatic carbocycles. The minimum Gasteiger partial charge on any atom is -0.321 e. The van der Waals surface area contributed by atoms with Crippen molar-refractivity contribution in [1.29, 1.82) is 0 Å². The van der Waals surface area contributed by atoms with E-state index in [0.717, 1.165) is 9.88 Å². The van der Waals surface area contributed by atoms with E-state index in [1.165, 1.54) is 23.5 Å². The molecule has 0 aliphatic rings. The first kappa shape index (κ1) is 19.7. The summed E-state index contributed by atoms with van der Waals surface area (Å²) >= 11 is 2.95. The molecule has 9 heteroatoms. The lowest BCUT2D eigenvalue weighted by atomic mass is 10.1. The van der Waals surface area contributed by atoms with Crippen molar-refractivity contribution in [2.45, 2.75) is 31.2 Å². The van der Waals surface area contributed by atoms with E-state index in [2.05, 4.69) is 15.0 Å². The van der Waals surface area contributed by atoms with Crippen LogP contribution in [0.25, 0.3) is 9.88 Å². The first-order valence-electron chi connectivity index (χ1n) is 8.09. The van der Waals surface area contributed by atoms with E-state index in [0.29, 0.717) is 11.4 Å². The van der Waals surface area contributed by atoms with E-state index in [4.69, 9.17) is 0 Å². The minimum atomic E-state index is -3.68. The van der Waals surface area contributed by atoms with Crippen LogP contribution < -0.4 is 10.0 Å². The van der Waals surface area contributed by atoms with Crippen LogP contribution in [-0.2, 0) is 10.0 Å². The lowest BCUT2D eigenvalue weighted by Gasteiger charge is -2.20. The molecule has 0 spiro atoms. The summed E-state index contributed by atoms with van der Waals surface area (Å²) in [6, 6.07) is 10.0. The van der Waals surface area contributed by atoms with Gasteiger partial charge in [0.1, 0.15) is 10.7 Å². The SMILES string of the molecule is CC(C)(C)NS(=O)(=O)c1cccc(NC(=O)c2csc(-c3cccs3)n2)c1. The van der Waals surface area contributed by atoms with Crippen molar-refractivity contribution in [3.05, 3.63) is 52.9 Å². The van der Waals surface area contributed by atoms with Crippen LogP contribution >= 0.6 is 22.7 Å². The topological polar surface area (TPSA) is 88.2 Å². The van der Waals surface area contributed by atoms with Crippen LogP contribution in [0.3, 0.4) is 0 Å². The Kier molecular flexibility index (Phi) is 5.48. The van der Waals surface area contributed by atoms with Gasteiger partial charge in [0.05, 0.1) is 9.77 Å². The highest BCUT2D eigenvalue weighted by Crippen LogP contribution is 2.28. The number of thiazole rings is 1. The summed E-state index contributed by atoms with van der Waals surface area (Å²) in [7, 11) is -3.68. The van der Waals surface area contributed by atoms with Crippen molar-refractivity contribution < 1.29 is 13.2 Å². The molecule has 0 radical (unpaired) electrons. The smallest absolute Gasteiger partial charge is 0.275 e. The van der Waals surface area contributed by atoms with E-state index in [9.17, 15) is 13.2 Å². The number of carbonyl (C=O) groups excluding carboxylic acids is 1. The third kappa shape index (κ3) is 5.01. The number of anilines is 1. The van der Waals surface area contributed by atoms with Gasteiger partial charge < -0.3 is 5.32 Å². The number of hydrogen-bond donors (Lipinski definition) is 2. The summed E-state index contributed by atoms with van der Waals surface area (Å²) < 4.78 is 27.5. The number of hydrogen-bond acceptors (Lipinski definition) is 6. The molecule has 6 nitrogen and oxygen atoms in total. The van der Waals surface area contributed by atoms with Crippen LogP contribution in [0.5, 0.6) is 0 Å². The summed E-state index contributed by atoms with van der Waals surface area (Å²) in [6.45, 7) is 5.30. The van der Waals surface area contributed by atoms with Gasteiger partial charge in [0.15, 0.2) is 0 Å². The zero-order valence-electron chi connectivity index (χ0n) is 15.0. The van der Waals surface area contributed by atoms with Crippen LogP contribution in [0.4, 0.5) is 5.69 Å². The Labute approximate surface area is 166 Å². The molecule has 142 valence electrons. The van der Waals surface area contributed by atoms with Gasteiger partial charge in [-0.05, 0) is 50.4 Å². The summed E-state index contributed by atoms with van der Waals surface area (Å²) in [5, 5.41) is 7.13. The summed E-state index contributed by atoms with van der Waals surface area (Å²) in [5.74, 6) is -0.382. The Hall–Kier alpha value is -2.07. The van der Waals surface area contributed by atoms with Gasteiger partial charge in [-0.25, -0.2) is 18.1 Å². The fourth-order valence-corrected chi connectivity index (χ4v) is 5.37. The summed E-state index contributed by atoms with van der Waals surface area (Å²) in [5.41, 5.74) is 0.0867. The monoisotopic (exact) mass is 421 g/mol. The first-order valence-corrected chi connectivity index (χ1v) is 11.3. The van der Waals surface area contributed by atoms with Crippen LogP contribution in [0.1, 0.15) is 31.3 Å². The average molecular weight is 422 g/mol. The van der Waals surface area contributed by atoms with Crippen LogP contribution in [-0.4, -0.2) is 24.8 Å². The minimum absolute atomic E-state index is 0.0905. The molecule has 2 aromatic heterocycles. The second-order valence-electron chi connectivity index (χ2n) is 6.85. The van der Waals surface area contributed by atoms with Gasteiger partial charge in [-0.2, -0.15) is 0 Å². The molecule has 2 heterocycles. The standard InChI is InChI=1S/C18H19N3O3S3/c1-18(2,3)21-27(23,24)13-7-4-6-12(10-13)19-16(22)14-11-26-17(20-14)15-8-5-9-25-15/h4-11,21H,1-3H3,(H,19,22). The van der Waals surface area contributed by atoms with Gasteiger partial charge >= 0.3 is 0 Å². The van der Waals surface area contributed by atoms with Crippen LogP contribution in [0.15, 0.2) is 52.1 Å². The Bertz CT molecular complexity index is 1050. The maximum absolute atomic E-state index is 12.5. The number of rotatable bonds is 5. The molecule has 2 N–H and O–H groups in total. The quantitative estimate of drug-likeness (QED) is 0.646. The highest BCUT2D eigenvalue weighted by Gasteiger charge is 2.22. The predicted molar refractivity (Wildman–Crippen MR) is 110 cm³/mol. The van der Waals surface area contributed by atoms with Crippen molar-refractivity contribution in [1.82, 2.24) is 9.71 Å². The number of thiophene rings is 1. The van der Waals surface area contributed by atoms with Crippen molar-refractivity contribution in [2.75, 3.05) is 5.32 Å². The molecule has 3 aromatic rings. The van der Waals surface area contributed by atoms with E-state index in [-0.39, 0.29) is 10.8 Å². The van der Waals surface area contributed by atoms with E-state index < -0.39 is 15.6 Å². The molecule has 0 fully saturated rings. The van der Waals surface area contributed by atoms with E-state index in [1.807, 2.05) is 17.5 Å². The van der Waals surface area contributed by atoms with Crippen molar-refractivity contribution in [3.8, 4) is 9.88 Å². The van der Waals surface area contributed by atoms with E-state index >= 15 is 0 Å². The van der Waals surface area contributed by atoms with Gasteiger partial charge in [-0.15, -0.1) is 22.7 Å². The second-order valence-corrected chi connectivity index (χ2v) is 10.3. The largest absolute Gasteiger partial charge is 0.321 e. The zero-order chi connectivity index (χ0) is 19.7. The fraction of sp³-hybridized carbons (Fsp3) is 0.222. The van der Waals surface area contributed by atoms with Crippen molar-refractivity contribution in [2.24, 2.45) is 0 Å². The summed E-state index contributed by atoms with van der Waals surface area (Å²) in [6.07, 6.45) is 0. The van der Waals surface area contributed by atoms with Crippen LogP contribution in [0, 0.1) is 0 Å². The second kappa shape index (κ2) is 7.51. The number of benzene rings is 1. The van der Waals surface area contributed by atoms with Crippen molar-refractivity contribution >= 4 is 44.3 Å². The molecule has 0 atom stereocenters. The Balaban J connectivity index is 1.77. The Morgan fingerprint density at radius 3 is 2.56 bits per heavy atom. The normalized spacial score (nSPS) is 12.1. The number of sulfonamides is 1. The first-order chi connectivity index (χ1) is 12.6. The molecular formula is C18H19N3O3S3. The average Bonchev–Trinajstić information content (AvgIpc) is 3.24. The van der Waals surface area contributed by atoms with Crippen LogP contribution in [0.2, 0.25) is 0 Å². The third-order valence-corrected chi connectivity index (χ3v) is 6.95. The molecule has 0 aliphatic carbocycles. The lowest BCUT2D eigenvalue weighted by Crippen LogP contribution is -2.40. The Morgan fingerprint density at radius 1 is 1.11 bits per heavy atom. The predicted octanol–water partition coefficient (Wildman–Crippen LogP) is 4.20. The van der Waals surface area contributed by atoms with Crippen molar-refractivity contribution in [3.63, 3.8) is 0 Å². The molecule has 0 bridgehead atoms. The molecule has 0 saturated heterocycles.